The van der Waals surface area contributed by atoms with Gasteiger partial charge in [-0.05, 0) is 30.4 Å². The highest BCUT2D eigenvalue weighted by Gasteiger charge is 2.55. The summed E-state index contributed by atoms with van der Waals surface area (Å²) in [6, 6.07) is 2.45. The minimum atomic E-state index is -4.89. The molecular formula is C21H24F5N5O2S. The smallest absolute Gasteiger partial charge is 0.320 e. The van der Waals surface area contributed by atoms with E-state index in [1.807, 2.05) is 0 Å². The van der Waals surface area contributed by atoms with Gasteiger partial charge in [0.25, 0.3) is 5.91 Å². The summed E-state index contributed by atoms with van der Waals surface area (Å²) in [6.07, 6.45) is -1.87. The molecule has 34 heavy (non-hydrogen) atoms. The van der Waals surface area contributed by atoms with Gasteiger partial charge in [0.15, 0.2) is 0 Å². The third-order valence-corrected chi connectivity index (χ3v) is 7.29. The first kappa shape index (κ1) is 24.6. The van der Waals surface area contributed by atoms with Gasteiger partial charge in [0, 0.05) is 43.4 Å². The standard InChI is InChI=1S/C21H24F5N5O2S/c1-19(9-20(22,23)10-19)11-31-17(15(21(24,25)26)16(30-31)12-4-3-5-12)18(32)29-13-6-7-28-14(8-13)34(2,27)33/h6-8,12,27H,3-5,9-11H2,1-2H3,(H,28,29,32)/t34-/m0/s1. The van der Waals surface area contributed by atoms with E-state index in [2.05, 4.69) is 15.4 Å². The highest BCUT2D eigenvalue weighted by atomic mass is 32.2. The normalized spacial score (nSPS) is 21.3. The van der Waals surface area contributed by atoms with Crippen molar-refractivity contribution in [1.29, 1.82) is 4.78 Å². The second-order valence-electron chi connectivity index (χ2n) is 9.59. The lowest BCUT2D eigenvalue weighted by molar-refractivity contribution is -0.160. The number of pyridine rings is 1. The van der Waals surface area contributed by atoms with Crippen molar-refractivity contribution in [3.63, 3.8) is 0 Å². The van der Waals surface area contributed by atoms with Gasteiger partial charge in [-0.2, -0.15) is 18.3 Å². The Kier molecular flexibility index (Phi) is 5.77. The Bertz CT molecular complexity index is 1230. The Hall–Kier alpha value is -2.57. The lowest BCUT2D eigenvalue weighted by Crippen LogP contribution is -2.47. The molecular weight excluding hydrogens is 481 g/mol. The summed E-state index contributed by atoms with van der Waals surface area (Å²) in [5.41, 5.74) is -3.14. The number of hydrogen-bond donors (Lipinski definition) is 2. The summed E-state index contributed by atoms with van der Waals surface area (Å²) in [7, 11) is -3.23. The number of alkyl halides is 5. The third kappa shape index (κ3) is 4.80. The summed E-state index contributed by atoms with van der Waals surface area (Å²) in [4.78, 5) is 17.0. The largest absolute Gasteiger partial charge is 0.420 e. The van der Waals surface area contributed by atoms with Gasteiger partial charge in [0.05, 0.1) is 15.4 Å². The molecule has 186 valence electrons. The van der Waals surface area contributed by atoms with Crippen molar-refractivity contribution in [2.45, 2.75) is 68.6 Å². The summed E-state index contributed by atoms with van der Waals surface area (Å²) < 4.78 is 90.2. The molecule has 0 saturated heterocycles. The molecule has 0 unspecified atom stereocenters. The molecule has 2 saturated carbocycles. The van der Waals surface area contributed by atoms with Gasteiger partial charge in [-0.15, -0.1) is 0 Å². The molecule has 1 amide bonds. The molecule has 0 aromatic carbocycles. The number of anilines is 1. The number of amides is 1. The van der Waals surface area contributed by atoms with Crippen LogP contribution in [0.5, 0.6) is 0 Å². The van der Waals surface area contributed by atoms with E-state index in [4.69, 9.17) is 4.78 Å². The highest BCUT2D eigenvalue weighted by molar-refractivity contribution is 7.91. The lowest BCUT2D eigenvalue weighted by Gasteiger charge is -2.44. The molecule has 1 atom stereocenters. The number of aromatic nitrogens is 3. The van der Waals surface area contributed by atoms with Crippen molar-refractivity contribution in [1.82, 2.24) is 14.8 Å². The Balaban J connectivity index is 1.76. The monoisotopic (exact) mass is 505 g/mol. The van der Waals surface area contributed by atoms with Crippen LogP contribution in [-0.2, 0) is 22.5 Å². The molecule has 4 rings (SSSR count). The molecule has 2 aliphatic carbocycles. The first-order chi connectivity index (χ1) is 15.6. The van der Waals surface area contributed by atoms with E-state index < -0.39 is 63.2 Å². The van der Waals surface area contributed by atoms with Crippen LogP contribution in [0, 0.1) is 10.2 Å². The molecule has 2 fully saturated rings. The molecule has 0 bridgehead atoms. The van der Waals surface area contributed by atoms with Crippen molar-refractivity contribution in [3.05, 3.63) is 35.3 Å². The Morgan fingerprint density at radius 1 is 1.32 bits per heavy atom. The predicted molar refractivity (Wildman–Crippen MR) is 113 cm³/mol. The first-order valence-corrected chi connectivity index (χ1v) is 12.6. The van der Waals surface area contributed by atoms with Crippen molar-refractivity contribution in [2.24, 2.45) is 5.41 Å². The maximum Gasteiger partial charge on any atom is 0.420 e. The van der Waals surface area contributed by atoms with Gasteiger partial charge in [-0.25, -0.2) is 22.8 Å². The predicted octanol–water partition coefficient (Wildman–Crippen LogP) is 5.29. The minimum absolute atomic E-state index is 0.00397. The van der Waals surface area contributed by atoms with E-state index in [0.29, 0.717) is 12.8 Å². The zero-order valence-electron chi connectivity index (χ0n) is 18.5. The van der Waals surface area contributed by atoms with E-state index in [1.54, 1.807) is 0 Å². The number of nitrogens with one attached hydrogen (secondary N) is 2. The Labute approximate surface area is 193 Å². The van der Waals surface area contributed by atoms with Gasteiger partial charge in [0.2, 0.25) is 5.92 Å². The van der Waals surface area contributed by atoms with Crippen LogP contribution in [0.25, 0.3) is 0 Å². The van der Waals surface area contributed by atoms with Gasteiger partial charge < -0.3 is 5.32 Å². The SMILES string of the molecule is CC1(Cn2nc(C3CCC3)c(C(F)(F)F)c2C(=O)Nc2ccnc([S@@](C)(=N)=O)c2)CC(F)(F)C1. The number of nitrogens with zero attached hydrogens (tertiary/aromatic N) is 3. The highest BCUT2D eigenvalue weighted by Crippen LogP contribution is 2.53. The maximum absolute atomic E-state index is 14.2. The number of rotatable bonds is 6. The average Bonchev–Trinajstić information content (AvgIpc) is 2.96. The summed E-state index contributed by atoms with van der Waals surface area (Å²) in [5, 5.41) is 6.34. The van der Waals surface area contributed by atoms with E-state index in [1.165, 1.54) is 19.2 Å². The third-order valence-electron chi connectivity index (χ3n) is 6.26. The van der Waals surface area contributed by atoms with E-state index >= 15 is 0 Å². The van der Waals surface area contributed by atoms with Crippen LogP contribution in [0.15, 0.2) is 23.4 Å². The molecule has 2 N–H and O–H groups in total. The molecule has 0 radical (unpaired) electrons. The number of halogens is 5. The second kappa shape index (κ2) is 7.99. The number of carbonyl (C=O) groups is 1. The molecule has 2 aliphatic rings. The molecule has 2 aromatic heterocycles. The zero-order chi connectivity index (χ0) is 25.1. The summed E-state index contributed by atoms with van der Waals surface area (Å²) in [6.45, 7) is 1.27. The van der Waals surface area contributed by atoms with Crippen LogP contribution in [0.4, 0.5) is 27.6 Å². The Morgan fingerprint density at radius 2 is 1.97 bits per heavy atom. The van der Waals surface area contributed by atoms with Crippen LogP contribution in [0.1, 0.15) is 66.7 Å². The fourth-order valence-corrected chi connectivity index (χ4v) is 5.25. The molecule has 2 aromatic rings. The number of carbonyl (C=O) groups excluding carboxylic acids is 1. The van der Waals surface area contributed by atoms with E-state index in [9.17, 15) is 31.0 Å². The molecule has 0 aliphatic heterocycles. The summed E-state index contributed by atoms with van der Waals surface area (Å²) >= 11 is 0. The first-order valence-electron chi connectivity index (χ1n) is 10.6. The van der Waals surface area contributed by atoms with Gasteiger partial charge in [-0.1, -0.05) is 13.3 Å². The lowest BCUT2D eigenvalue weighted by atomic mass is 9.67. The van der Waals surface area contributed by atoms with Gasteiger partial charge in [-0.3, -0.25) is 9.48 Å². The van der Waals surface area contributed by atoms with Crippen molar-refractivity contribution in [2.75, 3.05) is 11.6 Å². The number of hydrogen-bond acceptors (Lipinski definition) is 5. The van der Waals surface area contributed by atoms with Crippen LogP contribution < -0.4 is 5.32 Å². The molecule has 0 spiro atoms. The van der Waals surface area contributed by atoms with Crippen LogP contribution >= 0.6 is 0 Å². The molecule has 7 nitrogen and oxygen atoms in total. The fraction of sp³-hybridized carbons (Fsp3) is 0.571. The summed E-state index contributed by atoms with van der Waals surface area (Å²) in [5.74, 6) is -4.48. The molecule has 13 heteroatoms. The van der Waals surface area contributed by atoms with Crippen molar-refractivity contribution >= 4 is 21.3 Å². The van der Waals surface area contributed by atoms with Gasteiger partial charge >= 0.3 is 6.18 Å². The minimum Gasteiger partial charge on any atom is -0.320 e. The van der Waals surface area contributed by atoms with Crippen LogP contribution in [0.2, 0.25) is 0 Å². The zero-order valence-corrected chi connectivity index (χ0v) is 19.3. The van der Waals surface area contributed by atoms with Crippen molar-refractivity contribution < 1.29 is 31.0 Å². The Morgan fingerprint density at radius 3 is 2.47 bits per heavy atom. The van der Waals surface area contributed by atoms with Crippen LogP contribution in [0.3, 0.4) is 0 Å². The fourth-order valence-electron chi connectivity index (χ4n) is 4.63. The second-order valence-corrected chi connectivity index (χ2v) is 11.7. The maximum atomic E-state index is 14.2. The quantitative estimate of drug-likeness (QED) is 0.521. The van der Waals surface area contributed by atoms with Crippen LogP contribution in [-0.4, -0.2) is 37.1 Å². The topological polar surface area (TPSA) is 101 Å². The van der Waals surface area contributed by atoms with E-state index in [-0.39, 0.29) is 23.0 Å². The molecule has 2 heterocycles. The van der Waals surface area contributed by atoms with Gasteiger partial charge in [0.1, 0.15) is 16.3 Å². The van der Waals surface area contributed by atoms with Crippen molar-refractivity contribution in [3.8, 4) is 0 Å². The average molecular weight is 506 g/mol. The van der Waals surface area contributed by atoms with E-state index in [0.717, 1.165) is 23.4 Å².